The van der Waals surface area contributed by atoms with Crippen molar-refractivity contribution in [2.75, 3.05) is 10.6 Å². The molecule has 146 valence electrons. The van der Waals surface area contributed by atoms with Gasteiger partial charge in [-0.05, 0) is 60.5 Å². The SMILES string of the molecule is C=CC(=O)Nc1cccc(Nc2ncnc3[nH]c(C#Cc4ccc(Cl)cc4)cc23)c1. The zero-order valence-corrected chi connectivity index (χ0v) is 16.5. The minimum absolute atomic E-state index is 0.272. The molecule has 0 bridgehead atoms. The number of nitrogens with one attached hydrogen (secondary N) is 3. The Morgan fingerprint density at radius 3 is 2.67 bits per heavy atom. The quantitative estimate of drug-likeness (QED) is 0.329. The van der Waals surface area contributed by atoms with Gasteiger partial charge in [0.05, 0.1) is 11.1 Å². The number of benzene rings is 2. The second-order valence-corrected chi connectivity index (χ2v) is 6.76. The lowest BCUT2D eigenvalue weighted by Crippen LogP contribution is -2.07. The number of carbonyl (C=O) groups excluding carboxylic acids is 1. The monoisotopic (exact) mass is 413 g/mol. The number of carbonyl (C=O) groups is 1. The Kier molecular flexibility index (Phi) is 5.46. The number of hydrogen-bond acceptors (Lipinski definition) is 4. The average molecular weight is 414 g/mol. The highest BCUT2D eigenvalue weighted by atomic mass is 35.5. The third kappa shape index (κ3) is 4.49. The van der Waals surface area contributed by atoms with Crippen LogP contribution in [0.3, 0.4) is 0 Å². The Morgan fingerprint density at radius 2 is 1.87 bits per heavy atom. The molecule has 7 heteroatoms. The van der Waals surface area contributed by atoms with Gasteiger partial charge in [-0.3, -0.25) is 4.79 Å². The molecular formula is C23H16ClN5O. The first-order valence-corrected chi connectivity index (χ1v) is 9.40. The minimum atomic E-state index is -0.272. The van der Waals surface area contributed by atoms with Gasteiger partial charge < -0.3 is 15.6 Å². The summed E-state index contributed by atoms with van der Waals surface area (Å²) in [7, 11) is 0. The highest BCUT2D eigenvalue weighted by molar-refractivity contribution is 6.30. The first kappa shape index (κ1) is 19.2. The van der Waals surface area contributed by atoms with Crippen LogP contribution >= 0.6 is 11.6 Å². The van der Waals surface area contributed by atoms with E-state index < -0.39 is 0 Å². The summed E-state index contributed by atoms with van der Waals surface area (Å²) in [6, 6.07) is 16.5. The second-order valence-electron chi connectivity index (χ2n) is 6.32. The Balaban J connectivity index is 1.60. The van der Waals surface area contributed by atoms with Gasteiger partial charge in [0.1, 0.15) is 17.8 Å². The summed E-state index contributed by atoms with van der Waals surface area (Å²) in [6.45, 7) is 3.46. The number of anilines is 3. The zero-order valence-electron chi connectivity index (χ0n) is 15.7. The van der Waals surface area contributed by atoms with E-state index >= 15 is 0 Å². The second kappa shape index (κ2) is 8.52. The van der Waals surface area contributed by atoms with Gasteiger partial charge in [-0.15, -0.1) is 0 Å². The summed E-state index contributed by atoms with van der Waals surface area (Å²) < 4.78 is 0. The number of aromatic nitrogens is 3. The maximum absolute atomic E-state index is 11.5. The fraction of sp³-hybridized carbons (Fsp3) is 0. The first-order valence-electron chi connectivity index (χ1n) is 9.02. The van der Waals surface area contributed by atoms with Crippen molar-refractivity contribution >= 4 is 45.7 Å². The smallest absolute Gasteiger partial charge is 0.247 e. The molecule has 0 aliphatic heterocycles. The highest BCUT2D eigenvalue weighted by Crippen LogP contribution is 2.25. The molecule has 2 aromatic carbocycles. The van der Waals surface area contributed by atoms with Gasteiger partial charge in [0.15, 0.2) is 0 Å². The summed E-state index contributed by atoms with van der Waals surface area (Å²) in [5, 5.41) is 7.47. The van der Waals surface area contributed by atoms with E-state index in [0.29, 0.717) is 22.2 Å². The molecule has 0 spiro atoms. The van der Waals surface area contributed by atoms with Crippen molar-refractivity contribution in [3.63, 3.8) is 0 Å². The molecule has 2 aromatic heterocycles. The molecule has 0 aliphatic carbocycles. The Labute approximate surface area is 178 Å². The Hall–Kier alpha value is -4.08. The van der Waals surface area contributed by atoms with Crippen molar-refractivity contribution < 1.29 is 4.79 Å². The van der Waals surface area contributed by atoms with Crippen LogP contribution in [-0.2, 0) is 4.79 Å². The van der Waals surface area contributed by atoms with Crippen LogP contribution in [0, 0.1) is 11.8 Å². The largest absolute Gasteiger partial charge is 0.340 e. The van der Waals surface area contributed by atoms with Crippen molar-refractivity contribution in [2.24, 2.45) is 0 Å². The van der Waals surface area contributed by atoms with Crippen LogP contribution in [-0.4, -0.2) is 20.9 Å². The molecule has 0 atom stereocenters. The molecule has 4 rings (SSSR count). The number of nitrogens with zero attached hydrogens (tertiary/aromatic N) is 2. The number of hydrogen-bond donors (Lipinski definition) is 3. The summed E-state index contributed by atoms with van der Waals surface area (Å²) >= 11 is 5.91. The maximum Gasteiger partial charge on any atom is 0.247 e. The summed E-state index contributed by atoms with van der Waals surface area (Å²) in [6.07, 6.45) is 2.70. The molecule has 0 saturated heterocycles. The first-order chi connectivity index (χ1) is 14.6. The van der Waals surface area contributed by atoms with Gasteiger partial charge in [-0.1, -0.05) is 30.2 Å². The lowest BCUT2D eigenvalue weighted by molar-refractivity contribution is -0.111. The van der Waals surface area contributed by atoms with Crippen molar-refractivity contribution in [1.29, 1.82) is 0 Å². The number of halogens is 1. The molecule has 0 unspecified atom stereocenters. The topological polar surface area (TPSA) is 82.7 Å². The predicted molar refractivity (Wildman–Crippen MR) is 120 cm³/mol. The number of aromatic amines is 1. The molecule has 6 nitrogen and oxygen atoms in total. The van der Waals surface area contributed by atoms with Crippen LogP contribution in [0.5, 0.6) is 0 Å². The normalized spacial score (nSPS) is 10.2. The average Bonchev–Trinajstić information content (AvgIpc) is 3.18. The van der Waals surface area contributed by atoms with Gasteiger partial charge >= 0.3 is 0 Å². The standard InChI is InChI=1S/C23H16ClN5O/c1-2-21(30)27-17-4-3-5-18(12-17)28-22-20-13-19(29-23(20)26-14-25-22)11-8-15-6-9-16(24)10-7-15/h2-7,9-10,12-14H,1H2,(H,27,30)(H2,25,26,28,29). The molecule has 30 heavy (non-hydrogen) atoms. The van der Waals surface area contributed by atoms with E-state index in [4.69, 9.17) is 11.6 Å². The molecule has 0 radical (unpaired) electrons. The zero-order chi connectivity index (χ0) is 20.9. The molecule has 0 fully saturated rings. The van der Waals surface area contributed by atoms with Crippen molar-refractivity contribution in [2.45, 2.75) is 0 Å². The van der Waals surface area contributed by atoms with E-state index in [9.17, 15) is 4.79 Å². The van der Waals surface area contributed by atoms with Crippen LogP contribution in [0.25, 0.3) is 11.0 Å². The third-order valence-corrected chi connectivity index (χ3v) is 4.44. The van der Waals surface area contributed by atoms with E-state index in [-0.39, 0.29) is 5.91 Å². The third-order valence-electron chi connectivity index (χ3n) is 4.19. The van der Waals surface area contributed by atoms with E-state index in [1.54, 1.807) is 18.2 Å². The number of rotatable bonds is 4. The van der Waals surface area contributed by atoms with Crippen LogP contribution in [0.15, 0.2) is 73.6 Å². The van der Waals surface area contributed by atoms with E-state index in [2.05, 4.69) is 44.0 Å². The lowest BCUT2D eigenvalue weighted by Gasteiger charge is -2.08. The summed E-state index contributed by atoms with van der Waals surface area (Å²) in [5.41, 5.74) is 3.67. The molecule has 4 aromatic rings. The molecule has 0 aliphatic rings. The van der Waals surface area contributed by atoms with Gasteiger partial charge in [0.2, 0.25) is 5.91 Å². The predicted octanol–water partition coefficient (Wildman–Crippen LogP) is 4.88. The van der Waals surface area contributed by atoms with Crippen LogP contribution < -0.4 is 10.6 Å². The fourth-order valence-corrected chi connectivity index (χ4v) is 2.91. The van der Waals surface area contributed by atoms with Crippen molar-refractivity contribution in [3.8, 4) is 11.8 Å². The Bertz CT molecular complexity index is 1300. The molecule has 2 heterocycles. The maximum atomic E-state index is 11.5. The van der Waals surface area contributed by atoms with Gasteiger partial charge in [0, 0.05) is 22.0 Å². The number of fused-ring (bicyclic) bond motifs is 1. The van der Waals surface area contributed by atoms with E-state index in [0.717, 1.165) is 22.3 Å². The Morgan fingerprint density at radius 1 is 1.07 bits per heavy atom. The van der Waals surface area contributed by atoms with E-state index in [1.807, 2.05) is 36.4 Å². The van der Waals surface area contributed by atoms with Gasteiger partial charge in [-0.2, -0.15) is 0 Å². The van der Waals surface area contributed by atoms with Gasteiger partial charge in [-0.25, -0.2) is 9.97 Å². The fourth-order valence-electron chi connectivity index (χ4n) is 2.78. The molecule has 1 amide bonds. The number of H-pyrrole nitrogens is 1. The molecule has 3 N–H and O–H groups in total. The van der Waals surface area contributed by atoms with Crippen LogP contribution in [0.1, 0.15) is 11.3 Å². The molecular weight excluding hydrogens is 398 g/mol. The summed E-state index contributed by atoms with van der Waals surface area (Å²) in [5.74, 6) is 6.55. The van der Waals surface area contributed by atoms with Gasteiger partial charge in [0.25, 0.3) is 0 Å². The molecule has 0 saturated carbocycles. The number of amides is 1. The lowest BCUT2D eigenvalue weighted by atomic mass is 10.2. The van der Waals surface area contributed by atoms with Crippen molar-refractivity contribution in [3.05, 3.63) is 89.9 Å². The van der Waals surface area contributed by atoms with Crippen LogP contribution in [0.4, 0.5) is 17.2 Å². The van der Waals surface area contributed by atoms with E-state index in [1.165, 1.54) is 12.4 Å². The van der Waals surface area contributed by atoms with Crippen LogP contribution in [0.2, 0.25) is 5.02 Å². The van der Waals surface area contributed by atoms with Crippen molar-refractivity contribution in [1.82, 2.24) is 15.0 Å². The summed E-state index contributed by atoms with van der Waals surface area (Å²) in [4.78, 5) is 23.3. The highest BCUT2D eigenvalue weighted by Gasteiger charge is 2.08. The minimum Gasteiger partial charge on any atom is -0.340 e.